The summed E-state index contributed by atoms with van der Waals surface area (Å²) in [6.07, 6.45) is -4.71. The monoisotopic (exact) mass is 418 g/mol. The molecule has 0 spiro atoms. The molecule has 0 bridgehead atoms. The Morgan fingerprint density at radius 2 is 1.90 bits per heavy atom. The molecule has 10 heteroatoms. The largest absolute Gasteiger partial charge is 0.418 e. The number of alkyl halides is 3. The normalized spacial score (nSPS) is 11.8. The summed E-state index contributed by atoms with van der Waals surface area (Å²) in [5.41, 5.74) is 0.291. The van der Waals surface area contributed by atoms with E-state index >= 15 is 0 Å². The van der Waals surface area contributed by atoms with Crippen LogP contribution in [0.25, 0.3) is 11.3 Å². The van der Waals surface area contributed by atoms with Gasteiger partial charge in [-0.15, -0.1) is 0 Å². The number of hydrazone groups is 1. The van der Waals surface area contributed by atoms with E-state index in [1.807, 2.05) is 0 Å². The molecule has 3 aromatic rings. The molecule has 0 saturated carbocycles. The van der Waals surface area contributed by atoms with Gasteiger partial charge in [-0.2, -0.15) is 23.5 Å². The number of rotatable bonds is 5. The molecule has 6 nitrogen and oxygen atoms in total. The number of nitrogens with zero attached hydrogens (tertiary/aromatic N) is 3. The number of nitriles is 1. The first-order valence-electron chi connectivity index (χ1n) is 7.97. The van der Waals surface area contributed by atoms with Crippen LogP contribution in [0.15, 0.2) is 64.2 Å². The maximum Gasteiger partial charge on any atom is 0.418 e. The number of nitrogens with one attached hydrogen (secondary N) is 1. The predicted octanol–water partition coefficient (Wildman–Crippen LogP) is 5.19. The van der Waals surface area contributed by atoms with E-state index in [0.29, 0.717) is 11.6 Å². The van der Waals surface area contributed by atoms with Crippen molar-refractivity contribution in [3.8, 4) is 17.4 Å². The maximum atomic E-state index is 13.1. The van der Waals surface area contributed by atoms with E-state index in [2.05, 4.69) is 15.7 Å². The van der Waals surface area contributed by atoms with Crippen molar-refractivity contribution in [3.05, 3.63) is 70.9 Å². The molecule has 1 aromatic heterocycles. The van der Waals surface area contributed by atoms with Gasteiger partial charge in [0.1, 0.15) is 6.07 Å². The lowest BCUT2D eigenvalue weighted by Crippen LogP contribution is -2.15. The average molecular weight is 419 g/mol. The fourth-order valence-electron chi connectivity index (χ4n) is 2.33. The number of halogens is 4. The lowest BCUT2D eigenvalue weighted by Gasteiger charge is -2.12. The molecule has 0 unspecified atom stereocenters. The quantitative estimate of drug-likeness (QED) is 0.350. The second-order valence-electron chi connectivity index (χ2n) is 5.64. The van der Waals surface area contributed by atoms with Crippen LogP contribution in [-0.2, 0) is 6.18 Å². The highest BCUT2D eigenvalue weighted by molar-refractivity contribution is 6.51. The molecule has 0 amide bonds. The van der Waals surface area contributed by atoms with E-state index in [9.17, 15) is 23.2 Å². The van der Waals surface area contributed by atoms with Gasteiger partial charge in [-0.05, 0) is 18.2 Å². The third-order valence-electron chi connectivity index (χ3n) is 3.70. The van der Waals surface area contributed by atoms with Gasteiger partial charge in [-0.3, -0.25) is 10.2 Å². The number of benzene rings is 2. The van der Waals surface area contributed by atoms with Crippen LogP contribution in [0.4, 0.5) is 18.9 Å². The van der Waals surface area contributed by atoms with Gasteiger partial charge in [0.25, 0.3) is 0 Å². The molecule has 146 valence electrons. The van der Waals surface area contributed by atoms with E-state index in [1.165, 1.54) is 18.2 Å². The van der Waals surface area contributed by atoms with E-state index < -0.39 is 28.9 Å². The van der Waals surface area contributed by atoms with Crippen molar-refractivity contribution in [3.63, 3.8) is 0 Å². The molecule has 3 rings (SSSR count). The molecule has 0 aliphatic heterocycles. The summed E-state index contributed by atoms with van der Waals surface area (Å²) in [7, 11) is 0. The first-order chi connectivity index (χ1) is 13.8. The fraction of sp³-hybridized carbons (Fsp3) is 0.0526. The van der Waals surface area contributed by atoms with Gasteiger partial charge in [0.05, 0.1) is 11.3 Å². The number of anilines is 1. The van der Waals surface area contributed by atoms with Crippen molar-refractivity contribution in [1.29, 1.82) is 5.26 Å². The Labute approximate surface area is 167 Å². The van der Waals surface area contributed by atoms with Gasteiger partial charge >= 0.3 is 6.18 Å². The third kappa shape index (κ3) is 4.62. The van der Waals surface area contributed by atoms with Crippen molar-refractivity contribution in [2.75, 3.05) is 5.43 Å². The molecule has 0 radical (unpaired) electrons. The van der Waals surface area contributed by atoms with Crippen LogP contribution >= 0.6 is 11.6 Å². The Morgan fingerprint density at radius 1 is 1.17 bits per heavy atom. The average Bonchev–Trinajstić information content (AvgIpc) is 3.19. The zero-order valence-electron chi connectivity index (χ0n) is 14.4. The fourth-order valence-corrected chi connectivity index (χ4v) is 2.51. The Balaban J connectivity index is 1.86. The molecule has 0 aliphatic carbocycles. The summed E-state index contributed by atoms with van der Waals surface area (Å²) in [5.74, 6) is -0.621. The zero-order chi connectivity index (χ0) is 21.0. The summed E-state index contributed by atoms with van der Waals surface area (Å²) in [6, 6.07) is 14.6. The van der Waals surface area contributed by atoms with Gasteiger partial charge in [0.2, 0.25) is 11.5 Å². The molecular weight excluding hydrogens is 409 g/mol. The number of aromatic nitrogens is 1. The van der Waals surface area contributed by atoms with Crippen molar-refractivity contribution in [1.82, 2.24) is 5.16 Å². The number of hydrogen-bond acceptors (Lipinski definition) is 6. The minimum atomic E-state index is -4.71. The summed E-state index contributed by atoms with van der Waals surface area (Å²) in [6.45, 7) is 0. The minimum absolute atomic E-state index is 0.125. The Kier molecular flexibility index (Phi) is 5.66. The molecule has 0 fully saturated rings. The van der Waals surface area contributed by atoms with Crippen LogP contribution in [0.3, 0.4) is 0 Å². The predicted molar refractivity (Wildman–Crippen MR) is 99.4 cm³/mol. The smallest absolute Gasteiger partial charge is 0.356 e. The zero-order valence-corrected chi connectivity index (χ0v) is 15.1. The number of Topliss-reactive ketones (excluding diaryl/α,β-unsaturated/α-hetero) is 1. The highest BCUT2D eigenvalue weighted by Crippen LogP contribution is 2.36. The van der Waals surface area contributed by atoms with Crippen molar-refractivity contribution >= 4 is 28.8 Å². The van der Waals surface area contributed by atoms with Crippen molar-refractivity contribution in [2.24, 2.45) is 5.10 Å². The second kappa shape index (κ2) is 8.16. The molecule has 1 N–H and O–H groups in total. The Bertz CT molecular complexity index is 1120. The number of carbonyl (C=O) groups is 1. The first-order valence-corrected chi connectivity index (χ1v) is 8.35. The van der Waals surface area contributed by atoms with Crippen LogP contribution in [0.2, 0.25) is 5.02 Å². The van der Waals surface area contributed by atoms with Crippen LogP contribution in [0, 0.1) is 11.3 Å². The SMILES string of the molecule is N#C/C(=N\Nc1ccc(Cl)cc1C(F)(F)F)C(=O)c1cc(-c2ccccc2)on1. The molecule has 29 heavy (non-hydrogen) atoms. The van der Waals surface area contributed by atoms with Gasteiger partial charge in [0.15, 0.2) is 11.5 Å². The third-order valence-corrected chi connectivity index (χ3v) is 3.93. The summed E-state index contributed by atoms with van der Waals surface area (Å²) < 4.78 is 44.4. The van der Waals surface area contributed by atoms with Gasteiger partial charge in [0, 0.05) is 16.7 Å². The van der Waals surface area contributed by atoms with Crippen LogP contribution in [0.5, 0.6) is 0 Å². The maximum absolute atomic E-state index is 13.1. The molecule has 0 saturated heterocycles. The van der Waals surface area contributed by atoms with Crippen LogP contribution < -0.4 is 5.43 Å². The van der Waals surface area contributed by atoms with Crippen molar-refractivity contribution in [2.45, 2.75) is 6.18 Å². The van der Waals surface area contributed by atoms with E-state index in [0.717, 1.165) is 6.07 Å². The summed E-state index contributed by atoms with van der Waals surface area (Å²) in [5, 5.41) is 16.2. The Hall–Kier alpha value is -3.64. The Morgan fingerprint density at radius 3 is 2.55 bits per heavy atom. The molecule has 0 aliphatic rings. The molecule has 1 heterocycles. The summed E-state index contributed by atoms with van der Waals surface area (Å²) in [4.78, 5) is 12.4. The van der Waals surface area contributed by atoms with E-state index in [4.69, 9.17) is 16.1 Å². The number of hydrogen-bond donors (Lipinski definition) is 1. The van der Waals surface area contributed by atoms with E-state index in [-0.39, 0.29) is 16.5 Å². The van der Waals surface area contributed by atoms with Crippen molar-refractivity contribution < 1.29 is 22.5 Å². The number of carbonyl (C=O) groups excluding carboxylic acids is 1. The highest BCUT2D eigenvalue weighted by atomic mass is 35.5. The van der Waals surface area contributed by atoms with Crippen LogP contribution in [-0.4, -0.2) is 16.7 Å². The van der Waals surface area contributed by atoms with Gasteiger partial charge in [-0.25, -0.2) is 0 Å². The highest BCUT2D eigenvalue weighted by Gasteiger charge is 2.34. The lowest BCUT2D eigenvalue weighted by molar-refractivity contribution is -0.136. The van der Waals surface area contributed by atoms with Gasteiger partial charge in [-0.1, -0.05) is 47.1 Å². The minimum Gasteiger partial charge on any atom is -0.356 e. The number of ketones is 1. The first kappa shape index (κ1) is 20.1. The second-order valence-corrected chi connectivity index (χ2v) is 6.08. The standard InChI is InChI=1S/C19H10ClF3N4O2/c20-12-6-7-14(13(8-12)19(21,22)23)25-26-16(10-24)18(28)15-9-17(29-27-15)11-4-2-1-3-5-11/h1-9,25H/b26-16+. The molecule has 0 atom stereocenters. The molecule has 2 aromatic carbocycles. The summed E-state index contributed by atoms with van der Waals surface area (Å²) >= 11 is 5.61. The molecular formula is C19H10ClF3N4O2. The van der Waals surface area contributed by atoms with E-state index in [1.54, 1.807) is 30.3 Å². The topological polar surface area (TPSA) is 91.3 Å². The lowest BCUT2D eigenvalue weighted by atomic mass is 10.1. The van der Waals surface area contributed by atoms with Crippen LogP contribution in [0.1, 0.15) is 16.1 Å². The van der Waals surface area contributed by atoms with Gasteiger partial charge < -0.3 is 4.52 Å².